The molecular weight excluding hydrogens is 635 g/mol. The van der Waals surface area contributed by atoms with Crippen LogP contribution in [0, 0.1) is 5.92 Å². The summed E-state index contributed by atoms with van der Waals surface area (Å²) in [4.78, 5) is 54.6. The fourth-order valence-corrected chi connectivity index (χ4v) is 9.35. The van der Waals surface area contributed by atoms with E-state index in [9.17, 15) is 14.4 Å². The highest BCUT2D eigenvalue weighted by atomic mass is 19.1. The summed E-state index contributed by atoms with van der Waals surface area (Å²) in [6.45, 7) is 1.62. The molecule has 1 aromatic carbocycles. The summed E-state index contributed by atoms with van der Waals surface area (Å²) >= 11 is 0. The van der Waals surface area contributed by atoms with Gasteiger partial charge in [0.25, 0.3) is 5.91 Å². The smallest absolute Gasteiger partial charge is 0.258 e. The minimum absolute atomic E-state index is 0.00186. The van der Waals surface area contributed by atoms with Crippen molar-refractivity contribution in [1.29, 1.82) is 0 Å². The predicted molar refractivity (Wildman–Crippen MR) is 187 cm³/mol. The van der Waals surface area contributed by atoms with E-state index in [1.807, 2.05) is 42.6 Å². The number of morpholine rings is 1. The summed E-state index contributed by atoms with van der Waals surface area (Å²) < 4.78 is 23.4. The van der Waals surface area contributed by atoms with E-state index in [2.05, 4.69) is 31.2 Å². The van der Waals surface area contributed by atoms with Gasteiger partial charge in [0.1, 0.15) is 6.17 Å². The van der Waals surface area contributed by atoms with Crippen LogP contribution in [0.1, 0.15) is 56.2 Å². The van der Waals surface area contributed by atoms with Crippen LogP contribution < -0.4 is 5.32 Å². The Bertz CT molecular complexity index is 1760. The second-order valence-electron chi connectivity index (χ2n) is 14.9. The van der Waals surface area contributed by atoms with E-state index in [1.165, 1.54) is 0 Å². The van der Waals surface area contributed by atoms with Gasteiger partial charge in [-0.25, -0.2) is 4.39 Å². The molecule has 0 radical (unpaired) electrons. The number of fused-ring (bicyclic) bond motifs is 3. The average molecular weight is 683 g/mol. The summed E-state index contributed by atoms with van der Waals surface area (Å²) in [6.07, 6.45) is 9.94. The lowest BCUT2D eigenvalue weighted by Crippen LogP contribution is -2.73. The summed E-state index contributed by atoms with van der Waals surface area (Å²) in [5, 5.41) is 4.35. The topological polar surface area (TPSA) is 111 Å². The second-order valence-corrected chi connectivity index (χ2v) is 14.9. The third kappa shape index (κ3) is 6.23. The zero-order chi connectivity index (χ0) is 34.4. The fraction of sp³-hybridized carbons (Fsp3) is 0.538. The summed E-state index contributed by atoms with van der Waals surface area (Å²) in [6, 6.07) is 12.9. The lowest BCUT2D eigenvalue weighted by atomic mass is 9.69. The number of likely N-dealkylation sites (N-methyl/N-ethyl adjacent to an activating group) is 1. The van der Waals surface area contributed by atoms with Gasteiger partial charge in [-0.3, -0.25) is 24.3 Å². The first-order chi connectivity index (χ1) is 24.4. The summed E-state index contributed by atoms with van der Waals surface area (Å²) in [5.41, 5.74) is 3.22. The van der Waals surface area contributed by atoms with Gasteiger partial charge in [0, 0.05) is 86.7 Å². The maximum absolute atomic E-state index is 16.5. The number of para-hydroxylation sites is 1. The molecular formula is C39H47FN6O4. The molecule has 2 saturated heterocycles. The molecule has 4 fully saturated rings. The van der Waals surface area contributed by atoms with E-state index < -0.39 is 24.2 Å². The van der Waals surface area contributed by atoms with E-state index in [0.29, 0.717) is 38.9 Å². The van der Waals surface area contributed by atoms with Crippen molar-refractivity contribution in [2.24, 2.45) is 5.92 Å². The molecule has 50 heavy (non-hydrogen) atoms. The van der Waals surface area contributed by atoms with Gasteiger partial charge in [0.15, 0.2) is 5.78 Å². The Morgan fingerprint density at radius 2 is 1.92 bits per heavy atom. The molecule has 2 aromatic heterocycles. The molecule has 2 aliphatic carbocycles. The third-order valence-electron chi connectivity index (χ3n) is 11.9. The van der Waals surface area contributed by atoms with Crippen molar-refractivity contribution in [3.8, 4) is 0 Å². The maximum Gasteiger partial charge on any atom is 0.258 e. The molecule has 10 nitrogen and oxygen atoms in total. The number of nitrogens with one attached hydrogen (secondary N) is 2. The van der Waals surface area contributed by atoms with Gasteiger partial charge in [-0.15, -0.1) is 0 Å². The Hall–Kier alpha value is -4.09. The summed E-state index contributed by atoms with van der Waals surface area (Å²) in [5.74, 6) is -1.24. The van der Waals surface area contributed by atoms with Gasteiger partial charge < -0.3 is 24.8 Å². The maximum atomic E-state index is 16.5. The molecule has 5 heterocycles. The van der Waals surface area contributed by atoms with Crippen molar-refractivity contribution in [3.05, 3.63) is 77.9 Å². The van der Waals surface area contributed by atoms with Crippen molar-refractivity contribution in [2.75, 3.05) is 26.7 Å². The number of benzene rings is 1. The highest BCUT2D eigenvalue weighted by Crippen LogP contribution is 2.47. The number of halogens is 1. The lowest BCUT2D eigenvalue weighted by molar-refractivity contribution is -0.210. The second kappa shape index (κ2) is 13.9. The number of Topliss-reactive ketones (excluding diaryl/α,β-unsaturated/α-hetero) is 1. The molecule has 3 aliphatic heterocycles. The van der Waals surface area contributed by atoms with Crippen LogP contribution in [0.5, 0.6) is 0 Å². The lowest BCUT2D eigenvalue weighted by Gasteiger charge is -2.60. The van der Waals surface area contributed by atoms with Crippen LogP contribution in [-0.2, 0) is 32.0 Å². The Morgan fingerprint density at radius 1 is 1.08 bits per heavy atom. The van der Waals surface area contributed by atoms with E-state index in [-0.39, 0.29) is 53.8 Å². The Balaban J connectivity index is 0.961. The fourth-order valence-electron chi connectivity index (χ4n) is 9.35. The zero-order valence-corrected chi connectivity index (χ0v) is 28.7. The van der Waals surface area contributed by atoms with Crippen molar-refractivity contribution >= 4 is 28.5 Å². The quantitative estimate of drug-likeness (QED) is 0.329. The highest BCUT2D eigenvalue weighted by molar-refractivity contribution is 6.20. The standard InChI is InChI=1S/C39H47FN6O4/c1-44(18-15-25-8-6-7-17-41-25)39(49)29-23-46-32-11-4-5-12-33(32)50-38-35(46)28(37(29)48)20-30(40)36(38)45-19-16-26(22-45)43-34(47)14-13-24-21-42-31-10-3-2-9-27(24)31/h2-3,6-10,17,21,23,26,28,30,32-33,35-36,38,42H,4-5,11-16,18-20,22H2,1H3,(H,43,47). The van der Waals surface area contributed by atoms with Gasteiger partial charge in [0.05, 0.1) is 35.9 Å². The van der Waals surface area contributed by atoms with Crippen LogP contribution in [0.4, 0.5) is 4.39 Å². The van der Waals surface area contributed by atoms with Crippen molar-refractivity contribution < 1.29 is 23.5 Å². The molecule has 0 bridgehead atoms. The first-order valence-corrected chi connectivity index (χ1v) is 18.4. The third-order valence-corrected chi connectivity index (χ3v) is 11.9. The van der Waals surface area contributed by atoms with E-state index in [0.717, 1.165) is 54.3 Å². The number of alkyl halides is 1. The number of hydrogen-bond donors (Lipinski definition) is 2. The van der Waals surface area contributed by atoms with Crippen LogP contribution >= 0.6 is 0 Å². The molecule has 3 aromatic rings. The number of ketones is 1. The molecule has 264 valence electrons. The Morgan fingerprint density at radius 3 is 2.78 bits per heavy atom. The number of rotatable bonds is 9. The number of nitrogens with zero attached hydrogens (tertiary/aromatic N) is 4. The number of H-pyrrole nitrogens is 1. The molecule has 0 spiro atoms. The molecule has 8 unspecified atom stereocenters. The van der Waals surface area contributed by atoms with Gasteiger partial charge in [-0.1, -0.05) is 37.1 Å². The van der Waals surface area contributed by atoms with Crippen LogP contribution in [0.15, 0.2) is 66.6 Å². The zero-order valence-electron chi connectivity index (χ0n) is 28.7. The number of aromatic amines is 1. The number of carbonyl (C=O) groups excluding carboxylic acids is 3. The normalized spacial score (nSPS) is 30.8. The van der Waals surface area contributed by atoms with Gasteiger partial charge in [-0.2, -0.15) is 0 Å². The molecule has 8 rings (SSSR count). The van der Waals surface area contributed by atoms with Crippen LogP contribution in [0.25, 0.3) is 10.9 Å². The van der Waals surface area contributed by atoms with Crippen molar-refractivity contribution in [3.63, 3.8) is 0 Å². The predicted octanol–water partition coefficient (Wildman–Crippen LogP) is 3.96. The first kappa shape index (κ1) is 33.1. The van der Waals surface area contributed by atoms with Crippen LogP contribution in [-0.4, -0.2) is 111 Å². The molecule has 5 aliphatic rings. The van der Waals surface area contributed by atoms with E-state index >= 15 is 4.39 Å². The molecule has 11 heteroatoms. The van der Waals surface area contributed by atoms with E-state index in [4.69, 9.17) is 4.74 Å². The number of aromatic nitrogens is 2. The molecule has 8 atom stereocenters. The number of aryl methyl sites for hydroxylation is 1. The van der Waals surface area contributed by atoms with Crippen LogP contribution in [0.2, 0.25) is 0 Å². The van der Waals surface area contributed by atoms with Gasteiger partial charge in [0.2, 0.25) is 5.91 Å². The largest absolute Gasteiger partial charge is 0.369 e. The average Bonchev–Trinajstić information content (AvgIpc) is 3.77. The van der Waals surface area contributed by atoms with Crippen LogP contribution in [0.3, 0.4) is 0 Å². The minimum Gasteiger partial charge on any atom is -0.369 e. The number of ether oxygens (including phenoxy) is 1. The molecule has 2 saturated carbocycles. The van der Waals surface area contributed by atoms with Crippen molar-refractivity contribution in [1.82, 2.24) is 30.0 Å². The Kier molecular flexibility index (Phi) is 9.20. The highest BCUT2D eigenvalue weighted by Gasteiger charge is 2.60. The molecule has 2 N–H and O–H groups in total. The number of carbonyl (C=O) groups is 3. The van der Waals surface area contributed by atoms with Crippen molar-refractivity contribution in [2.45, 2.75) is 100 Å². The summed E-state index contributed by atoms with van der Waals surface area (Å²) in [7, 11) is 1.72. The first-order valence-electron chi connectivity index (χ1n) is 18.4. The SMILES string of the molecule is CN(CCc1ccccn1)C(=O)C1=CN2C3CCCCC3OC3C(N4CCC(NC(=O)CCc5c[nH]c6ccccc56)C4)C(F)CC(C1=O)C32. The van der Waals surface area contributed by atoms with Gasteiger partial charge >= 0.3 is 0 Å². The van der Waals surface area contributed by atoms with Gasteiger partial charge in [-0.05, 0) is 55.9 Å². The molecule has 2 amide bonds. The minimum atomic E-state index is -1.29. The van der Waals surface area contributed by atoms with E-state index in [1.54, 1.807) is 24.3 Å². The number of likely N-dealkylation sites (tertiary alicyclic amines) is 1. The number of amides is 2. The number of pyridine rings is 1. The monoisotopic (exact) mass is 682 g/mol. The Labute approximate surface area is 292 Å². The number of hydrogen-bond acceptors (Lipinski definition) is 7.